The van der Waals surface area contributed by atoms with E-state index in [1.807, 2.05) is 17.8 Å². The average Bonchev–Trinajstić information content (AvgIpc) is 2.56. The lowest BCUT2D eigenvalue weighted by atomic mass is 10.0. The minimum atomic E-state index is 0.142. The molecule has 0 spiro atoms. The van der Waals surface area contributed by atoms with Crippen LogP contribution in [-0.2, 0) is 17.0 Å². The maximum Gasteiger partial charge on any atom is 0.220 e. The summed E-state index contributed by atoms with van der Waals surface area (Å²) in [6.45, 7) is 4.96. The van der Waals surface area contributed by atoms with Crippen LogP contribution in [0.5, 0.6) is 0 Å². The highest BCUT2D eigenvalue weighted by atomic mass is 32.2. The number of aryl methyl sites for hydroxylation is 3. The Kier molecular flexibility index (Phi) is 7.21. The van der Waals surface area contributed by atoms with E-state index in [1.165, 1.54) is 22.3 Å². The van der Waals surface area contributed by atoms with Crippen LogP contribution in [0, 0.1) is 13.8 Å². The average molecular weight is 327 g/mol. The molecule has 0 unspecified atom stereocenters. The van der Waals surface area contributed by atoms with E-state index >= 15 is 0 Å². The second-order valence-electron chi connectivity index (χ2n) is 5.81. The highest BCUT2D eigenvalue weighted by molar-refractivity contribution is 7.98. The Balaban J connectivity index is 1.59. The molecule has 23 heavy (non-hydrogen) atoms. The van der Waals surface area contributed by atoms with Gasteiger partial charge in [0.25, 0.3) is 0 Å². The lowest BCUT2D eigenvalue weighted by molar-refractivity contribution is -0.120. The van der Waals surface area contributed by atoms with Crippen molar-refractivity contribution in [1.29, 1.82) is 0 Å². The van der Waals surface area contributed by atoms with Gasteiger partial charge < -0.3 is 5.32 Å². The van der Waals surface area contributed by atoms with Gasteiger partial charge in [-0.05, 0) is 42.5 Å². The van der Waals surface area contributed by atoms with Gasteiger partial charge in [0, 0.05) is 24.5 Å². The van der Waals surface area contributed by atoms with Crippen molar-refractivity contribution in [2.24, 2.45) is 0 Å². The number of hydrogen-bond acceptors (Lipinski definition) is 2. The normalized spacial score (nSPS) is 10.5. The van der Waals surface area contributed by atoms with E-state index in [0.29, 0.717) is 6.42 Å². The van der Waals surface area contributed by atoms with Crippen molar-refractivity contribution in [2.45, 2.75) is 32.4 Å². The Hall–Kier alpha value is -1.74. The molecular weight excluding hydrogens is 302 g/mol. The van der Waals surface area contributed by atoms with Crippen LogP contribution in [0.3, 0.4) is 0 Å². The second-order valence-corrected chi connectivity index (χ2v) is 6.91. The molecule has 0 atom stereocenters. The van der Waals surface area contributed by atoms with E-state index in [2.05, 4.69) is 61.6 Å². The van der Waals surface area contributed by atoms with Gasteiger partial charge in [-0.2, -0.15) is 11.8 Å². The molecule has 0 bridgehead atoms. The van der Waals surface area contributed by atoms with E-state index in [4.69, 9.17) is 0 Å². The fraction of sp³-hybridized carbons (Fsp3) is 0.350. The number of hydrogen-bond donors (Lipinski definition) is 1. The van der Waals surface area contributed by atoms with Gasteiger partial charge in [0.15, 0.2) is 0 Å². The molecule has 1 amide bonds. The molecule has 3 heteroatoms. The predicted molar refractivity (Wildman–Crippen MR) is 99.9 cm³/mol. The van der Waals surface area contributed by atoms with Gasteiger partial charge in [0.1, 0.15) is 0 Å². The minimum Gasteiger partial charge on any atom is -0.355 e. The number of rotatable bonds is 8. The molecule has 2 aromatic rings. The summed E-state index contributed by atoms with van der Waals surface area (Å²) < 4.78 is 0. The number of amides is 1. The molecule has 0 saturated carbocycles. The van der Waals surface area contributed by atoms with Crippen molar-refractivity contribution in [3.8, 4) is 0 Å². The maximum atomic E-state index is 11.9. The Morgan fingerprint density at radius 1 is 1.00 bits per heavy atom. The van der Waals surface area contributed by atoms with Crippen LogP contribution in [0.25, 0.3) is 0 Å². The van der Waals surface area contributed by atoms with Crippen molar-refractivity contribution in [2.75, 3.05) is 12.3 Å². The lowest BCUT2D eigenvalue weighted by Crippen LogP contribution is -2.25. The first kappa shape index (κ1) is 17.6. The third kappa shape index (κ3) is 6.49. The molecule has 122 valence electrons. The Labute approximate surface area is 143 Å². The number of carbonyl (C=O) groups is 1. The van der Waals surface area contributed by atoms with E-state index < -0.39 is 0 Å². The summed E-state index contributed by atoms with van der Waals surface area (Å²) in [4.78, 5) is 11.9. The van der Waals surface area contributed by atoms with Gasteiger partial charge in [-0.1, -0.05) is 48.5 Å². The monoisotopic (exact) mass is 327 g/mol. The van der Waals surface area contributed by atoms with Gasteiger partial charge in [-0.3, -0.25) is 4.79 Å². The molecule has 2 nitrogen and oxygen atoms in total. The largest absolute Gasteiger partial charge is 0.355 e. The molecule has 0 aliphatic carbocycles. The van der Waals surface area contributed by atoms with E-state index in [9.17, 15) is 4.79 Å². The van der Waals surface area contributed by atoms with Crippen LogP contribution >= 0.6 is 11.8 Å². The summed E-state index contributed by atoms with van der Waals surface area (Å²) in [5.41, 5.74) is 5.16. The Morgan fingerprint density at radius 2 is 1.78 bits per heavy atom. The van der Waals surface area contributed by atoms with Gasteiger partial charge in [-0.15, -0.1) is 0 Å². The SMILES string of the molecule is Cc1ccc(CCC(=O)NCCSCc2ccccc2)cc1C. The first-order valence-corrected chi connectivity index (χ1v) is 9.25. The molecule has 2 aromatic carbocycles. The highest BCUT2D eigenvalue weighted by Crippen LogP contribution is 2.12. The van der Waals surface area contributed by atoms with Crippen molar-refractivity contribution in [3.63, 3.8) is 0 Å². The standard InChI is InChI=1S/C20H25NOS/c1-16-8-9-18(14-17(16)2)10-11-20(22)21-12-13-23-15-19-6-4-3-5-7-19/h3-9,14H,10-13,15H2,1-2H3,(H,21,22). The molecular formula is C20H25NOS. The number of nitrogens with one attached hydrogen (secondary N) is 1. The zero-order valence-corrected chi connectivity index (χ0v) is 14.8. The summed E-state index contributed by atoms with van der Waals surface area (Å²) in [5, 5.41) is 3.01. The van der Waals surface area contributed by atoms with Gasteiger partial charge in [0.2, 0.25) is 5.91 Å². The van der Waals surface area contributed by atoms with E-state index in [0.717, 1.165) is 24.5 Å². The molecule has 0 radical (unpaired) electrons. The molecule has 0 saturated heterocycles. The lowest BCUT2D eigenvalue weighted by Gasteiger charge is -2.07. The van der Waals surface area contributed by atoms with Crippen molar-refractivity contribution >= 4 is 17.7 Å². The van der Waals surface area contributed by atoms with Crippen LogP contribution in [-0.4, -0.2) is 18.2 Å². The molecule has 0 heterocycles. The van der Waals surface area contributed by atoms with Crippen molar-refractivity contribution in [3.05, 3.63) is 70.8 Å². The third-order valence-corrected chi connectivity index (χ3v) is 4.92. The van der Waals surface area contributed by atoms with Crippen LogP contribution in [0.2, 0.25) is 0 Å². The van der Waals surface area contributed by atoms with E-state index in [1.54, 1.807) is 0 Å². The minimum absolute atomic E-state index is 0.142. The first-order chi connectivity index (χ1) is 11.1. The summed E-state index contributed by atoms with van der Waals surface area (Å²) in [5.74, 6) is 2.09. The molecule has 0 aliphatic rings. The predicted octanol–water partition coefficient (Wildman–Crippen LogP) is 4.29. The smallest absolute Gasteiger partial charge is 0.220 e. The molecule has 0 aromatic heterocycles. The van der Waals surface area contributed by atoms with Crippen LogP contribution in [0.15, 0.2) is 48.5 Å². The number of carbonyl (C=O) groups excluding carboxylic acids is 1. The second kappa shape index (κ2) is 9.41. The summed E-state index contributed by atoms with van der Waals surface area (Å²) in [6.07, 6.45) is 1.37. The first-order valence-electron chi connectivity index (χ1n) is 8.09. The molecule has 0 aliphatic heterocycles. The van der Waals surface area contributed by atoms with Gasteiger partial charge in [-0.25, -0.2) is 0 Å². The van der Waals surface area contributed by atoms with Crippen molar-refractivity contribution < 1.29 is 4.79 Å². The summed E-state index contributed by atoms with van der Waals surface area (Å²) >= 11 is 1.85. The molecule has 0 fully saturated rings. The third-order valence-electron chi connectivity index (χ3n) is 3.89. The van der Waals surface area contributed by atoms with Crippen molar-refractivity contribution in [1.82, 2.24) is 5.32 Å². The van der Waals surface area contributed by atoms with Crippen LogP contribution < -0.4 is 5.32 Å². The number of benzene rings is 2. The zero-order chi connectivity index (χ0) is 16.5. The topological polar surface area (TPSA) is 29.1 Å². The van der Waals surface area contributed by atoms with E-state index in [-0.39, 0.29) is 5.91 Å². The molecule has 1 N–H and O–H groups in total. The van der Waals surface area contributed by atoms with Crippen LogP contribution in [0.4, 0.5) is 0 Å². The Morgan fingerprint density at radius 3 is 2.52 bits per heavy atom. The quantitative estimate of drug-likeness (QED) is 0.733. The molecule has 2 rings (SSSR count). The highest BCUT2D eigenvalue weighted by Gasteiger charge is 2.03. The fourth-order valence-electron chi connectivity index (χ4n) is 2.33. The zero-order valence-electron chi connectivity index (χ0n) is 14.0. The van der Waals surface area contributed by atoms with Crippen LogP contribution in [0.1, 0.15) is 28.7 Å². The van der Waals surface area contributed by atoms with Gasteiger partial charge >= 0.3 is 0 Å². The summed E-state index contributed by atoms with van der Waals surface area (Å²) in [7, 11) is 0. The summed E-state index contributed by atoms with van der Waals surface area (Å²) in [6, 6.07) is 16.8. The number of thioether (sulfide) groups is 1. The van der Waals surface area contributed by atoms with Gasteiger partial charge in [0.05, 0.1) is 0 Å². The fourth-order valence-corrected chi connectivity index (χ4v) is 3.15. The maximum absolute atomic E-state index is 11.9. The Bertz CT molecular complexity index is 625.